The normalized spacial score (nSPS) is 24.6. The van der Waals surface area contributed by atoms with Crippen LogP contribution in [0.2, 0.25) is 0 Å². The van der Waals surface area contributed by atoms with Crippen LogP contribution in [-0.4, -0.2) is 159 Å². The first-order valence-electron chi connectivity index (χ1n) is 46.6. The molecule has 6 heterocycles. The number of hydrogen-bond acceptors (Lipinski definition) is 18. The van der Waals surface area contributed by atoms with Gasteiger partial charge in [-0.1, -0.05) is 155 Å². The third-order valence-corrected chi connectivity index (χ3v) is 26.5. The van der Waals surface area contributed by atoms with Gasteiger partial charge in [0, 0.05) is 118 Å². The molecule has 684 valence electrons. The van der Waals surface area contributed by atoms with Crippen molar-refractivity contribution in [2.45, 2.75) is 515 Å². The molecule has 22 nitrogen and oxygen atoms in total. The molecule has 6 rings (SSSR count). The smallest absolute Gasteiger partial charge is 0.311 e. The maximum atomic E-state index is 14.8. The van der Waals surface area contributed by atoms with E-state index in [1.54, 1.807) is 0 Å². The Hall–Kier alpha value is -4.48. The summed E-state index contributed by atoms with van der Waals surface area (Å²) in [6, 6.07) is 0. The van der Waals surface area contributed by atoms with E-state index in [1.165, 1.54) is 64.2 Å². The lowest BCUT2D eigenvalue weighted by Crippen LogP contribution is -2.68. The molecule has 118 heavy (non-hydrogen) atoms. The Balaban J connectivity index is 0.000000422. The van der Waals surface area contributed by atoms with Crippen molar-refractivity contribution in [3.8, 4) is 0 Å². The molecular weight excluding hydrogens is 1490 g/mol. The number of unbranched alkanes of at least 4 members (excludes halogenated alkanes) is 20. The van der Waals surface area contributed by atoms with E-state index in [0.717, 1.165) is 51.4 Å². The summed E-state index contributed by atoms with van der Waals surface area (Å²) in [5, 5.41) is 69.0. The Labute approximate surface area is 715 Å². The van der Waals surface area contributed by atoms with Gasteiger partial charge in [0.1, 0.15) is 24.4 Å². The minimum absolute atomic E-state index is 0.201. The molecule has 0 aromatic rings. The molecule has 6 atom stereocenters. The molecule has 0 bridgehead atoms. The SMILES string of the molecule is CC1(C)CC(OC(=O)CC(C(=O)OC2CC(C)(C)NC(C)(C)C2)C(CC(=O)OC2CC(C)(C)NC(C)(C)C2)C(=O)OC2CC(C)(C)NC(C)(C)C2)CC(C)(C)N1.CCCCCCCCCCCCCC(C(=O)O)(C(C(=O)O)C1CC(C)(C)NC(C)(C)C1)C(CCCCCCCCCCCCC)(C(=O)O)C(C(=O)O)C1CC(C)(C)NC(C)(C)C1. The lowest BCUT2D eigenvalue weighted by atomic mass is 9.44. The predicted molar refractivity (Wildman–Crippen MR) is 470 cm³/mol. The number of rotatable bonds is 44. The average molecular weight is 1670 g/mol. The first-order valence-corrected chi connectivity index (χ1v) is 46.6. The van der Waals surface area contributed by atoms with Crippen molar-refractivity contribution in [2.24, 2.45) is 46.3 Å². The van der Waals surface area contributed by atoms with Crippen LogP contribution in [0.5, 0.6) is 0 Å². The molecule has 10 N–H and O–H groups in total. The van der Waals surface area contributed by atoms with Crippen LogP contribution in [0.1, 0.15) is 424 Å². The zero-order chi connectivity index (χ0) is 89.3. The zero-order valence-corrected chi connectivity index (χ0v) is 79.3. The largest absolute Gasteiger partial charge is 0.481 e. The van der Waals surface area contributed by atoms with Gasteiger partial charge in [-0.3, -0.25) is 38.4 Å². The molecule has 6 fully saturated rings. The average Bonchev–Trinajstić information content (AvgIpc) is 0.696. The van der Waals surface area contributed by atoms with Gasteiger partial charge in [-0.25, -0.2) is 0 Å². The third kappa shape index (κ3) is 32.6. The van der Waals surface area contributed by atoms with Gasteiger partial charge in [0.15, 0.2) is 0 Å². The second kappa shape index (κ2) is 42.5. The minimum Gasteiger partial charge on any atom is -0.481 e. The van der Waals surface area contributed by atoms with E-state index in [9.17, 15) is 58.8 Å². The molecule has 22 heteroatoms. The van der Waals surface area contributed by atoms with E-state index >= 15 is 0 Å². The lowest BCUT2D eigenvalue weighted by Gasteiger charge is -2.58. The van der Waals surface area contributed by atoms with Crippen LogP contribution in [0.25, 0.3) is 0 Å². The molecule has 6 saturated heterocycles. The van der Waals surface area contributed by atoms with Crippen molar-refractivity contribution in [2.75, 3.05) is 0 Å². The molecule has 6 aliphatic heterocycles. The van der Waals surface area contributed by atoms with Gasteiger partial charge >= 0.3 is 47.8 Å². The van der Waals surface area contributed by atoms with Crippen LogP contribution in [0.15, 0.2) is 0 Å². The van der Waals surface area contributed by atoms with Crippen molar-refractivity contribution in [1.29, 1.82) is 0 Å². The van der Waals surface area contributed by atoms with Gasteiger partial charge < -0.3 is 71.3 Å². The summed E-state index contributed by atoms with van der Waals surface area (Å²) in [6.07, 6.45) is 24.8. The number of carboxylic acid groups (broad SMARTS) is 4. The number of nitrogens with one attached hydrogen (secondary N) is 6. The number of esters is 4. The molecule has 0 spiro atoms. The summed E-state index contributed by atoms with van der Waals surface area (Å²) >= 11 is 0. The summed E-state index contributed by atoms with van der Waals surface area (Å²) in [7, 11) is 0. The van der Waals surface area contributed by atoms with E-state index in [4.69, 9.17) is 18.9 Å². The monoisotopic (exact) mass is 1670 g/mol. The van der Waals surface area contributed by atoms with Gasteiger partial charge in [-0.05, 0) is 217 Å². The lowest BCUT2D eigenvalue weighted by molar-refractivity contribution is -0.210. The standard InChI is InChI=1S/C52H96N2O8.C44H78N4O8/c1-11-13-15-17-19-21-23-25-27-29-31-33-51(45(59)60,41(43(55)56)39-35-47(3,4)53-48(5,6)36-39)52(46(61)62,34-32-30-28-26-24-22-20-18-16-14-12-2)42(44(57)58)40-37-49(7,8)54-50(9,10)38-40;1-37(2)19-27(20-38(3,4)45-37)53-33(49)17-31(35(51)55-29-23-41(9,10)47-42(11,12)24-29)32(36(52)56-30-25-43(13,14)48-44(15,16)26-30)18-34(50)54-28-21-39(5,6)46-40(7,8)22-28/h39-42,53-54H,11-38H2,1-10H3,(H,55,56)(H,57,58)(H,59,60)(H,61,62);27-32,45-48H,17-26H2,1-16H3. The number of carboxylic acids is 4. The van der Waals surface area contributed by atoms with Gasteiger partial charge in [0.25, 0.3) is 0 Å². The predicted octanol–water partition coefficient (Wildman–Crippen LogP) is 19.5. The van der Waals surface area contributed by atoms with Crippen molar-refractivity contribution < 1.29 is 77.7 Å². The van der Waals surface area contributed by atoms with Gasteiger partial charge in [-0.15, -0.1) is 0 Å². The number of hydrogen-bond donors (Lipinski definition) is 10. The summed E-state index contributed by atoms with van der Waals surface area (Å²) < 4.78 is 24.8. The van der Waals surface area contributed by atoms with Gasteiger partial charge in [0.2, 0.25) is 0 Å². The molecule has 0 radical (unpaired) electrons. The number of carbonyl (C=O) groups excluding carboxylic acids is 4. The summed E-state index contributed by atoms with van der Waals surface area (Å²) in [4.78, 5) is 115. The van der Waals surface area contributed by atoms with Crippen molar-refractivity contribution in [1.82, 2.24) is 31.9 Å². The minimum atomic E-state index is -2.40. The summed E-state index contributed by atoms with van der Waals surface area (Å²) in [6.45, 7) is 53.4. The highest BCUT2D eigenvalue weighted by atomic mass is 16.6. The zero-order valence-electron chi connectivity index (χ0n) is 79.3. The first-order chi connectivity index (χ1) is 54.1. The topological polar surface area (TPSA) is 327 Å². The van der Waals surface area contributed by atoms with E-state index in [1.807, 2.05) is 55.4 Å². The summed E-state index contributed by atoms with van der Waals surface area (Å²) in [5.74, 6) is -15.6. The number of aliphatic carboxylic acids is 4. The van der Waals surface area contributed by atoms with E-state index in [0.29, 0.717) is 103 Å². The highest BCUT2D eigenvalue weighted by Gasteiger charge is 2.73. The molecule has 0 amide bonds. The molecule has 0 aliphatic carbocycles. The number of piperidine rings is 6. The molecule has 6 unspecified atom stereocenters. The van der Waals surface area contributed by atoms with Crippen LogP contribution < -0.4 is 31.9 Å². The van der Waals surface area contributed by atoms with Crippen LogP contribution in [0.4, 0.5) is 0 Å². The van der Waals surface area contributed by atoms with E-state index in [-0.39, 0.29) is 57.2 Å². The Bertz CT molecular complexity index is 2950. The van der Waals surface area contributed by atoms with Crippen molar-refractivity contribution >= 4 is 47.8 Å². The van der Waals surface area contributed by atoms with Gasteiger partial charge in [0.05, 0.1) is 47.3 Å². The molecule has 0 aromatic heterocycles. The molecule has 0 aromatic carbocycles. The van der Waals surface area contributed by atoms with Crippen molar-refractivity contribution in [3.63, 3.8) is 0 Å². The van der Waals surface area contributed by atoms with Crippen molar-refractivity contribution in [3.05, 3.63) is 0 Å². The quantitative estimate of drug-likeness (QED) is 0.0154. The fourth-order valence-electron chi connectivity index (χ4n) is 24.6. The van der Waals surface area contributed by atoms with Gasteiger partial charge in [-0.2, -0.15) is 0 Å². The third-order valence-electron chi connectivity index (χ3n) is 26.5. The second-order valence-corrected chi connectivity index (χ2v) is 46.0. The first kappa shape index (κ1) is 104. The maximum Gasteiger partial charge on any atom is 0.311 e. The Morgan fingerprint density at radius 1 is 0.280 bits per heavy atom. The van der Waals surface area contributed by atoms with Crippen LogP contribution >= 0.6 is 0 Å². The van der Waals surface area contributed by atoms with Crippen LogP contribution in [0.3, 0.4) is 0 Å². The maximum absolute atomic E-state index is 14.8. The van der Waals surface area contributed by atoms with E-state index in [2.05, 4.69) is 157 Å². The number of ether oxygens (including phenoxy) is 4. The molecule has 6 aliphatic rings. The number of carbonyl (C=O) groups is 8. The fraction of sp³-hybridized carbons (Fsp3) is 0.917. The molecular formula is C96H174N6O16. The Morgan fingerprint density at radius 2 is 0.458 bits per heavy atom. The Kier molecular flexibility index (Phi) is 37.5. The van der Waals surface area contributed by atoms with Crippen LogP contribution in [-0.2, 0) is 57.3 Å². The highest BCUT2D eigenvalue weighted by Crippen LogP contribution is 2.63. The highest BCUT2D eigenvalue weighted by molar-refractivity contribution is 5.95. The van der Waals surface area contributed by atoms with Crippen LogP contribution in [0, 0.1) is 46.3 Å². The second-order valence-electron chi connectivity index (χ2n) is 46.0. The molecule has 0 saturated carbocycles. The Morgan fingerprint density at radius 3 is 0.644 bits per heavy atom. The summed E-state index contributed by atoms with van der Waals surface area (Å²) in [5.41, 5.74) is -9.57. The fourth-order valence-corrected chi connectivity index (χ4v) is 24.6. The van der Waals surface area contributed by atoms with E-state index < -0.39 is 154 Å².